The normalized spacial score (nSPS) is 11.4. The van der Waals surface area contributed by atoms with Crippen molar-refractivity contribution in [1.29, 1.82) is 0 Å². The standard InChI is InChI=1S/C20H17N5O3/c1-23-12-11-14(22-23)9-10-19-21-18-8-3-2-7-17(18)20(26)24(19)15-5-4-6-16(13-15)25(27)28/h2-13,27-28H,1H3/b10-9+. The van der Waals surface area contributed by atoms with Crippen molar-refractivity contribution >= 4 is 28.7 Å². The van der Waals surface area contributed by atoms with Crippen molar-refractivity contribution in [2.24, 2.45) is 7.05 Å². The minimum atomic E-state index is -0.258. The summed E-state index contributed by atoms with van der Waals surface area (Å²) in [5.41, 5.74) is 1.62. The van der Waals surface area contributed by atoms with Crippen LogP contribution in [0.15, 0.2) is 65.6 Å². The third-order valence-electron chi connectivity index (χ3n) is 4.26. The third kappa shape index (κ3) is 3.29. The van der Waals surface area contributed by atoms with E-state index in [9.17, 15) is 15.2 Å². The maximum Gasteiger partial charge on any atom is 0.266 e. The maximum absolute atomic E-state index is 13.2. The number of nitrogens with zero attached hydrogens (tertiary/aromatic N) is 5. The molecule has 2 aromatic heterocycles. The Kier molecular flexibility index (Phi) is 4.48. The summed E-state index contributed by atoms with van der Waals surface area (Å²) in [5, 5.41) is 23.4. The van der Waals surface area contributed by atoms with Gasteiger partial charge in [-0.15, -0.1) is 5.23 Å². The lowest BCUT2D eigenvalue weighted by atomic mass is 10.2. The number of para-hydroxylation sites is 1. The summed E-state index contributed by atoms with van der Waals surface area (Å²) < 4.78 is 3.11. The van der Waals surface area contributed by atoms with Crippen LogP contribution in [-0.2, 0) is 7.05 Å². The zero-order valence-electron chi connectivity index (χ0n) is 15.0. The van der Waals surface area contributed by atoms with E-state index in [4.69, 9.17) is 0 Å². The van der Waals surface area contributed by atoms with Crippen molar-refractivity contribution in [2.45, 2.75) is 0 Å². The molecule has 4 rings (SSSR count). The lowest BCUT2D eigenvalue weighted by molar-refractivity contribution is 0.0291. The molecule has 2 aromatic carbocycles. The number of aromatic nitrogens is 4. The SMILES string of the molecule is Cn1ccc(/C=C/c2nc3ccccc3c(=O)n2-c2cccc(N(O)O)c2)n1. The average molecular weight is 375 g/mol. The molecule has 2 N–H and O–H groups in total. The second kappa shape index (κ2) is 7.10. The second-order valence-electron chi connectivity index (χ2n) is 6.18. The second-order valence-corrected chi connectivity index (χ2v) is 6.18. The lowest BCUT2D eigenvalue weighted by Gasteiger charge is -2.14. The van der Waals surface area contributed by atoms with Gasteiger partial charge in [-0.1, -0.05) is 18.2 Å². The van der Waals surface area contributed by atoms with Crippen LogP contribution in [0.1, 0.15) is 11.5 Å². The van der Waals surface area contributed by atoms with E-state index in [-0.39, 0.29) is 16.5 Å². The lowest BCUT2D eigenvalue weighted by Crippen LogP contribution is -2.22. The maximum atomic E-state index is 13.2. The Morgan fingerprint density at radius 3 is 2.61 bits per heavy atom. The van der Waals surface area contributed by atoms with Crippen molar-refractivity contribution in [3.8, 4) is 5.69 Å². The van der Waals surface area contributed by atoms with E-state index in [1.54, 1.807) is 47.2 Å². The van der Waals surface area contributed by atoms with Crippen LogP contribution in [0.3, 0.4) is 0 Å². The molecule has 2 heterocycles. The first-order chi connectivity index (χ1) is 13.5. The molecule has 140 valence electrons. The number of hydrogen-bond acceptors (Lipinski definition) is 6. The van der Waals surface area contributed by atoms with Crippen LogP contribution < -0.4 is 10.8 Å². The van der Waals surface area contributed by atoms with Gasteiger partial charge in [0.15, 0.2) is 0 Å². The van der Waals surface area contributed by atoms with Crippen LogP contribution in [0.4, 0.5) is 5.69 Å². The van der Waals surface area contributed by atoms with Gasteiger partial charge in [-0.25, -0.2) is 4.98 Å². The van der Waals surface area contributed by atoms with E-state index in [2.05, 4.69) is 10.1 Å². The fraction of sp³-hybridized carbons (Fsp3) is 0.0500. The number of fused-ring (bicyclic) bond motifs is 1. The van der Waals surface area contributed by atoms with Gasteiger partial charge in [-0.3, -0.25) is 24.5 Å². The molecule has 0 atom stereocenters. The molecule has 8 nitrogen and oxygen atoms in total. The smallest absolute Gasteiger partial charge is 0.266 e. The van der Waals surface area contributed by atoms with Crippen molar-refractivity contribution in [3.63, 3.8) is 0 Å². The summed E-state index contributed by atoms with van der Waals surface area (Å²) >= 11 is 0. The van der Waals surface area contributed by atoms with E-state index in [1.165, 1.54) is 16.7 Å². The van der Waals surface area contributed by atoms with Gasteiger partial charge < -0.3 is 0 Å². The van der Waals surface area contributed by atoms with Crippen LogP contribution >= 0.6 is 0 Å². The predicted octanol–water partition coefficient (Wildman–Crippen LogP) is 2.87. The molecule has 28 heavy (non-hydrogen) atoms. The Balaban J connectivity index is 1.95. The minimum Gasteiger partial charge on any atom is -0.275 e. The molecule has 0 amide bonds. The summed E-state index contributed by atoms with van der Waals surface area (Å²) in [7, 11) is 1.82. The first-order valence-corrected chi connectivity index (χ1v) is 8.51. The van der Waals surface area contributed by atoms with E-state index in [1.807, 2.05) is 25.4 Å². The molecule has 8 heteroatoms. The molecule has 0 radical (unpaired) electrons. The third-order valence-corrected chi connectivity index (χ3v) is 4.26. The first-order valence-electron chi connectivity index (χ1n) is 8.51. The Morgan fingerprint density at radius 1 is 1.04 bits per heavy atom. The minimum absolute atomic E-state index is 0.00636. The number of rotatable bonds is 4. The Morgan fingerprint density at radius 2 is 1.86 bits per heavy atom. The highest BCUT2D eigenvalue weighted by molar-refractivity contribution is 5.80. The number of benzene rings is 2. The highest BCUT2D eigenvalue weighted by Crippen LogP contribution is 2.19. The van der Waals surface area contributed by atoms with Crippen LogP contribution in [0.2, 0.25) is 0 Å². The molecule has 0 saturated heterocycles. The van der Waals surface area contributed by atoms with Crippen LogP contribution in [0.5, 0.6) is 0 Å². The topological polar surface area (TPSA) is 96.4 Å². The Labute approximate surface area is 159 Å². The molecular formula is C20H17N5O3. The largest absolute Gasteiger partial charge is 0.275 e. The van der Waals surface area contributed by atoms with Crippen molar-refractivity contribution in [3.05, 3.63) is 82.7 Å². The Hall–Kier alpha value is -3.75. The fourth-order valence-electron chi connectivity index (χ4n) is 2.95. The van der Waals surface area contributed by atoms with Crippen molar-refractivity contribution < 1.29 is 10.4 Å². The summed E-state index contributed by atoms with van der Waals surface area (Å²) in [5.74, 6) is 0.397. The molecule has 0 saturated carbocycles. The highest BCUT2D eigenvalue weighted by Gasteiger charge is 2.12. The molecule has 0 aliphatic carbocycles. The molecule has 0 unspecified atom stereocenters. The van der Waals surface area contributed by atoms with Gasteiger partial charge in [-0.05, 0) is 48.6 Å². The van der Waals surface area contributed by atoms with Gasteiger partial charge in [0.25, 0.3) is 5.56 Å². The quantitative estimate of drug-likeness (QED) is 0.533. The van der Waals surface area contributed by atoms with Gasteiger partial charge in [0.1, 0.15) is 5.82 Å². The molecule has 0 aliphatic heterocycles. The highest BCUT2D eigenvalue weighted by atomic mass is 16.8. The number of aryl methyl sites for hydroxylation is 1. The summed E-state index contributed by atoms with van der Waals surface area (Å²) in [6, 6.07) is 15.2. The molecule has 0 fully saturated rings. The fourth-order valence-corrected chi connectivity index (χ4v) is 2.95. The predicted molar refractivity (Wildman–Crippen MR) is 106 cm³/mol. The summed E-state index contributed by atoms with van der Waals surface area (Å²) in [6.07, 6.45) is 5.29. The molecule has 0 aliphatic rings. The van der Waals surface area contributed by atoms with Gasteiger partial charge in [-0.2, -0.15) is 5.10 Å². The zero-order valence-corrected chi connectivity index (χ0v) is 15.0. The van der Waals surface area contributed by atoms with Crippen LogP contribution in [-0.4, -0.2) is 29.7 Å². The van der Waals surface area contributed by atoms with E-state index in [0.29, 0.717) is 22.4 Å². The van der Waals surface area contributed by atoms with E-state index < -0.39 is 0 Å². The van der Waals surface area contributed by atoms with Gasteiger partial charge in [0.05, 0.1) is 28.0 Å². The van der Waals surface area contributed by atoms with Crippen LogP contribution in [0, 0.1) is 0 Å². The molecule has 0 bridgehead atoms. The Bertz CT molecular complexity index is 1240. The van der Waals surface area contributed by atoms with E-state index >= 15 is 0 Å². The van der Waals surface area contributed by atoms with Gasteiger partial charge >= 0.3 is 0 Å². The summed E-state index contributed by atoms with van der Waals surface area (Å²) in [4.78, 5) is 17.8. The molecular weight excluding hydrogens is 358 g/mol. The van der Waals surface area contributed by atoms with Gasteiger partial charge in [0.2, 0.25) is 0 Å². The number of anilines is 1. The average Bonchev–Trinajstić information content (AvgIpc) is 3.12. The van der Waals surface area contributed by atoms with Gasteiger partial charge in [0, 0.05) is 13.2 Å². The zero-order chi connectivity index (χ0) is 19.7. The first kappa shape index (κ1) is 17.7. The summed E-state index contributed by atoms with van der Waals surface area (Å²) in [6.45, 7) is 0. The number of hydrogen-bond donors (Lipinski definition) is 2. The molecule has 4 aromatic rings. The monoisotopic (exact) mass is 375 g/mol. The van der Waals surface area contributed by atoms with E-state index in [0.717, 1.165) is 5.69 Å². The van der Waals surface area contributed by atoms with Crippen molar-refractivity contribution in [2.75, 3.05) is 5.23 Å². The van der Waals surface area contributed by atoms with Crippen molar-refractivity contribution in [1.82, 2.24) is 19.3 Å². The molecule has 0 spiro atoms. The van der Waals surface area contributed by atoms with Crippen LogP contribution in [0.25, 0.3) is 28.7 Å².